The number of aryl methyl sites for hydroxylation is 1. The molecule has 0 spiro atoms. The number of amides is 2. The molecule has 1 aliphatic heterocycles. The summed E-state index contributed by atoms with van der Waals surface area (Å²) in [5.41, 5.74) is 1.68. The van der Waals surface area contributed by atoms with Crippen LogP contribution in [0.2, 0.25) is 0 Å². The van der Waals surface area contributed by atoms with Gasteiger partial charge >= 0.3 is 5.97 Å². The lowest BCUT2D eigenvalue weighted by atomic mass is 9.97. The lowest BCUT2D eigenvalue weighted by Gasteiger charge is -2.31. The molecule has 1 aliphatic rings. The first kappa shape index (κ1) is 27.1. The fourth-order valence-corrected chi connectivity index (χ4v) is 5.36. The summed E-state index contributed by atoms with van der Waals surface area (Å²) < 4.78 is 11.4. The van der Waals surface area contributed by atoms with E-state index < -0.39 is 5.97 Å². The SMILES string of the molecule is COC(=O)c1cc(NC(=O)c2csc(C3CCN(C(=O)CCC(=O)c4ccc(OC)cc4)CC3)n2)cn1C. The number of methoxy groups -OCH3 is 2. The van der Waals surface area contributed by atoms with Crippen LogP contribution in [-0.2, 0) is 16.6 Å². The van der Waals surface area contributed by atoms with Gasteiger partial charge in [-0.1, -0.05) is 0 Å². The maximum absolute atomic E-state index is 12.7. The third-order valence-electron chi connectivity index (χ3n) is 6.59. The Bertz CT molecular complexity index is 1320. The van der Waals surface area contributed by atoms with Gasteiger partial charge in [-0.3, -0.25) is 14.4 Å². The maximum atomic E-state index is 12.7. The molecule has 1 N–H and O–H groups in total. The molecule has 1 aromatic carbocycles. The molecule has 1 fully saturated rings. The second-order valence-corrected chi connectivity index (χ2v) is 9.94. The minimum absolute atomic E-state index is 0.0290. The summed E-state index contributed by atoms with van der Waals surface area (Å²) in [7, 11) is 4.56. The number of nitrogens with zero attached hydrogens (tertiary/aromatic N) is 3. The second kappa shape index (κ2) is 12.0. The number of nitrogens with one attached hydrogen (secondary N) is 1. The Morgan fingerprint density at radius 2 is 1.79 bits per heavy atom. The number of benzene rings is 1. The number of rotatable bonds is 9. The largest absolute Gasteiger partial charge is 0.497 e. The lowest BCUT2D eigenvalue weighted by molar-refractivity contribution is -0.132. The molecule has 3 aromatic rings. The maximum Gasteiger partial charge on any atom is 0.354 e. The number of hydrogen-bond acceptors (Lipinski definition) is 8. The summed E-state index contributed by atoms with van der Waals surface area (Å²) in [6, 6.07) is 8.43. The van der Waals surface area contributed by atoms with Crippen LogP contribution in [0.25, 0.3) is 0 Å². The number of anilines is 1. The monoisotopic (exact) mass is 538 g/mol. The van der Waals surface area contributed by atoms with Gasteiger partial charge in [-0.15, -0.1) is 11.3 Å². The van der Waals surface area contributed by atoms with E-state index in [1.54, 1.807) is 65.5 Å². The highest BCUT2D eigenvalue weighted by molar-refractivity contribution is 7.10. The van der Waals surface area contributed by atoms with Gasteiger partial charge in [0.1, 0.15) is 17.1 Å². The van der Waals surface area contributed by atoms with Crippen molar-refractivity contribution in [3.8, 4) is 5.75 Å². The smallest absolute Gasteiger partial charge is 0.354 e. The van der Waals surface area contributed by atoms with Crippen molar-refractivity contribution < 1.29 is 28.7 Å². The Hall–Kier alpha value is -3.99. The number of carbonyl (C=O) groups excluding carboxylic acids is 4. The first-order valence-electron chi connectivity index (χ1n) is 12.3. The van der Waals surface area contributed by atoms with E-state index >= 15 is 0 Å². The van der Waals surface area contributed by atoms with Gasteiger partial charge in [0.15, 0.2) is 5.78 Å². The third-order valence-corrected chi connectivity index (χ3v) is 7.59. The van der Waals surface area contributed by atoms with Crippen molar-refractivity contribution in [3.63, 3.8) is 0 Å². The number of hydrogen-bond donors (Lipinski definition) is 1. The van der Waals surface area contributed by atoms with Crippen molar-refractivity contribution in [1.82, 2.24) is 14.5 Å². The van der Waals surface area contributed by atoms with E-state index in [2.05, 4.69) is 10.3 Å². The van der Waals surface area contributed by atoms with Gasteiger partial charge in [-0.25, -0.2) is 9.78 Å². The highest BCUT2D eigenvalue weighted by Gasteiger charge is 2.27. The van der Waals surface area contributed by atoms with E-state index in [-0.39, 0.29) is 36.4 Å². The van der Waals surface area contributed by atoms with E-state index in [4.69, 9.17) is 9.47 Å². The molecule has 0 bridgehead atoms. The number of carbonyl (C=O) groups is 4. The summed E-state index contributed by atoms with van der Waals surface area (Å²) in [6.07, 6.45) is 3.46. The molecule has 0 aliphatic carbocycles. The molecule has 3 heterocycles. The predicted molar refractivity (Wildman–Crippen MR) is 142 cm³/mol. The van der Waals surface area contributed by atoms with Crippen molar-refractivity contribution in [1.29, 1.82) is 0 Å². The second-order valence-electron chi connectivity index (χ2n) is 9.05. The van der Waals surface area contributed by atoms with Crippen molar-refractivity contribution in [3.05, 3.63) is 63.9 Å². The van der Waals surface area contributed by atoms with Crippen LogP contribution in [0.4, 0.5) is 5.69 Å². The van der Waals surface area contributed by atoms with Gasteiger partial charge in [0.05, 0.1) is 24.9 Å². The minimum Gasteiger partial charge on any atom is -0.497 e. The zero-order chi connectivity index (χ0) is 27.2. The fraction of sp³-hybridized carbons (Fsp3) is 0.370. The first-order chi connectivity index (χ1) is 18.3. The fourth-order valence-electron chi connectivity index (χ4n) is 4.39. The number of thiazole rings is 1. The predicted octanol–water partition coefficient (Wildman–Crippen LogP) is 3.90. The molecule has 10 nitrogen and oxygen atoms in total. The molecule has 2 aromatic heterocycles. The number of Topliss-reactive ketones (excluding diaryl/α,β-unsaturated/α-hetero) is 1. The third kappa shape index (κ3) is 6.28. The highest BCUT2D eigenvalue weighted by atomic mass is 32.1. The molecule has 0 radical (unpaired) electrons. The number of ketones is 1. The Morgan fingerprint density at radius 1 is 1.08 bits per heavy atom. The Morgan fingerprint density at radius 3 is 2.45 bits per heavy atom. The number of likely N-dealkylation sites (tertiary alicyclic amines) is 1. The molecule has 38 heavy (non-hydrogen) atoms. The van der Waals surface area contributed by atoms with Gasteiger partial charge in [0, 0.05) is 56.0 Å². The van der Waals surface area contributed by atoms with Crippen LogP contribution in [0.1, 0.15) is 67.9 Å². The summed E-state index contributed by atoms with van der Waals surface area (Å²) >= 11 is 1.43. The summed E-state index contributed by atoms with van der Waals surface area (Å²) in [5.74, 6) is -0.102. The van der Waals surface area contributed by atoms with E-state index in [0.717, 1.165) is 17.8 Å². The van der Waals surface area contributed by atoms with Crippen LogP contribution in [-0.4, -0.2) is 65.3 Å². The van der Waals surface area contributed by atoms with Gasteiger partial charge < -0.3 is 24.3 Å². The molecule has 1 saturated heterocycles. The number of ether oxygens (including phenoxy) is 2. The van der Waals surface area contributed by atoms with Gasteiger partial charge in [-0.2, -0.15) is 0 Å². The molecular weight excluding hydrogens is 508 g/mol. The van der Waals surface area contributed by atoms with Gasteiger partial charge in [-0.05, 0) is 43.2 Å². The van der Waals surface area contributed by atoms with Gasteiger partial charge in [0.25, 0.3) is 5.91 Å². The highest BCUT2D eigenvalue weighted by Crippen LogP contribution is 2.31. The van der Waals surface area contributed by atoms with Crippen molar-refractivity contribution >= 4 is 40.6 Å². The molecular formula is C27H30N4O6S. The van der Waals surface area contributed by atoms with Crippen molar-refractivity contribution in [2.45, 2.75) is 31.6 Å². The van der Waals surface area contributed by atoms with E-state index in [9.17, 15) is 19.2 Å². The van der Waals surface area contributed by atoms with Crippen LogP contribution in [0.15, 0.2) is 41.9 Å². The van der Waals surface area contributed by atoms with E-state index in [1.807, 2.05) is 0 Å². The topological polar surface area (TPSA) is 120 Å². The van der Waals surface area contributed by atoms with Crippen LogP contribution in [0, 0.1) is 0 Å². The Kier molecular flexibility index (Phi) is 8.57. The Labute approximate surface area is 224 Å². The summed E-state index contributed by atoms with van der Waals surface area (Å²) in [6.45, 7) is 1.17. The van der Waals surface area contributed by atoms with Crippen LogP contribution in [0.3, 0.4) is 0 Å². The van der Waals surface area contributed by atoms with Crippen LogP contribution >= 0.6 is 11.3 Å². The van der Waals surface area contributed by atoms with Crippen LogP contribution in [0.5, 0.6) is 5.75 Å². The molecule has 2 amide bonds. The molecule has 4 rings (SSSR count). The molecule has 200 valence electrons. The standard InChI is InChI=1S/C27H30N4O6S/c1-30-15-19(14-22(30)27(35)37-3)28-25(34)21-16-38-26(29-21)18-10-12-31(13-11-18)24(33)9-8-23(32)17-4-6-20(36-2)7-5-17/h4-7,14-16,18H,8-13H2,1-3H3,(H,28,34). The average molecular weight is 539 g/mol. The quantitative estimate of drug-likeness (QED) is 0.324. The Balaban J connectivity index is 1.25. The zero-order valence-electron chi connectivity index (χ0n) is 21.6. The number of piperidine rings is 1. The van der Waals surface area contributed by atoms with E-state index in [1.165, 1.54) is 18.4 Å². The van der Waals surface area contributed by atoms with Gasteiger partial charge in [0.2, 0.25) is 5.91 Å². The number of esters is 1. The van der Waals surface area contributed by atoms with Crippen molar-refractivity contribution in [2.75, 3.05) is 32.6 Å². The van der Waals surface area contributed by atoms with Crippen LogP contribution < -0.4 is 10.1 Å². The molecule has 0 atom stereocenters. The van der Waals surface area contributed by atoms with Crippen molar-refractivity contribution in [2.24, 2.45) is 7.05 Å². The lowest BCUT2D eigenvalue weighted by Crippen LogP contribution is -2.38. The summed E-state index contributed by atoms with van der Waals surface area (Å²) in [4.78, 5) is 55.9. The zero-order valence-corrected chi connectivity index (χ0v) is 22.4. The molecule has 0 saturated carbocycles. The average Bonchev–Trinajstić information content (AvgIpc) is 3.58. The normalized spacial score (nSPS) is 13.7. The molecule has 0 unspecified atom stereocenters. The number of aromatic nitrogens is 2. The first-order valence-corrected chi connectivity index (χ1v) is 13.1. The minimum atomic E-state index is -0.488. The van der Waals surface area contributed by atoms with E-state index in [0.29, 0.717) is 41.5 Å². The summed E-state index contributed by atoms with van der Waals surface area (Å²) in [5, 5.41) is 5.35. The molecule has 11 heteroatoms.